The number of H-pyrrole nitrogens is 1. The van der Waals surface area contributed by atoms with Gasteiger partial charge in [-0.05, 0) is 25.0 Å². The normalized spacial score (nSPS) is 21.7. The molecular weight excluding hydrogens is 382 g/mol. The Morgan fingerprint density at radius 3 is 2.47 bits per heavy atom. The quantitative estimate of drug-likeness (QED) is 0.754. The molecule has 0 atom stereocenters. The van der Waals surface area contributed by atoms with Crippen molar-refractivity contribution >= 4 is 28.7 Å². The highest BCUT2D eigenvalue weighted by Gasteiger charge is 2.52. The number of carbonyl (C=O) groups is 3. The average molecular weight is 409 g/mol. The van der Waals surface area contributed by atoms with Gasteiger partial charge in [-0.1, -0.05) is 31.0 Å². The molecule has 3 aliphatic rings. The molecule has 0 bridgehead atoms. The Labute approximate surface area is 175 Å². The highest BCUT2D eigenvalue weighted by molar-refractivity contribution is 6.07. The van der Waals surface area contributed by atoms with Crippen LogP contribution in [0.15, 0.2) is 30.3 Å². The topological polar surface area (TPSA) is 88.8 Å². The lowest BCUT2D eigenvalue weighted by Crippen LogP contribution is -2.51. The Balaban J connectivity index is 1.14. The van der Waals surface area contributed by atoms with Gasteiger partial charge in [-0.15, -0.1) is 0 Å². The molecule has 1 spiro atoms. The molecular formula is C22H27N5O3. The Morgan fingerprint density at radius 1 is 1.00 bits per heavy atom. The number of benzene rings is 1. The number of hydrogen-bond donors (Lipinski definition) is 2. The molecule has 8 heteroatoms. The third-order valence-corrected chi connectivity index (χ3v) is 6.76. The fourth-order valence-electron chi connectivity index (χ4n) is 4.97. The fourth-order valence-corrected chi connectivity index (χ4v) is 4.97. The van der Waals surface area contributed by atoms with E-state index >= 15 is 0 Å². The summed E-state index contributed by atoms with van der Waals surface area (Å²) in [5.74, 6) is -0.0410. The first-order valence-electron chi connectivity index (χ1n) is 10.8. The summed E-state index contributed by atoms with van der Waals surface area (Å²) >= 11 is 0. The van der Waals surface area contributed by atoms with Gasteiger partial charge in [0, 0.05) is 50.2 Å². The van der Waals surface area contributed by atoms with Crippen LogP contribution in [0.1, 0.15) is 36.2 Å². The van der Waals surface area contributed by atoms with Crippen molar-refractivity contribution in [3.05, 3.63) is 36.0 Å². The largest absolute Gasteiger partial charge is 0.351 e. The highest BCUT2D eigenvalue weighted by atomic mass is 16.2. The monoisotopic (exact) mass is 409 g/mol. The van der Waals surface area contributed by atoms with E-state index < -0.39 is 5.54 Å². The van der Waals surface area contributed by atoms with Gasteiger partial charge in [0.15, 0.2) is 0 Å². The van der Waals surface area contributed by atoms with Crippen LogP contribution >= 0.6 is 0 Å². The van der Waals surface area contributed by atoms with Gasteiger partial charge in [-0.3, -0.25) is 19.4 Å². The minimum atomic E-state index is -0.637. The zero-order valence-corrected chi connectivity index (χ0v) is 17.0. The summed E-state index contributed by atoms with van der Waals surface area (Å²) in [7, 11) is 0. The Hall–Kier alpha value is -2.87. The molecule has 30 heavy (non-hydrogen) atoms. The van der Waals surface area contributed by atoms with Crippen LogP contribution in [-0.4, -0.2) is 82.3 Å². The summed E-state index contributed by atoms with van der Waals surface area (Å²) < 4.78 is 0. The summed E-state index contributed by atoms with van der Waals surface area (Å²) in [6, 6.07) is 9.52. The molecule has 1 aromatic carbocycles. The van der Waals surface area contributed by atoms with E-state index in [4.69, 9.17) is 0 Å². The van der Waals surface area contributed by atoms with E-state index in [1.807, 2.05) is 35.2 Å². The zero-order valence-electron chi connectivity index (χ0n) is 17.0. The van der Waals surface area contributed by atoms with Crippen LogP contribution in [0, 0.1) is 0 Å². The van der Waals surface area contributed by atoms with Crippen LogP contribution in [0.2, 0.25) is 0 Å². The molecule has 2 saturated heterocycles. The first-order valence-corrected chi connectivity index (χ1v) is 10.8. The van der Waals surface area contributed by atoms with E-state index in [2.05, 4.69) is 15.2 Å². The molecule has 3 fully saturated rings. The SMILES string of the molecule is O=C(c1cc2ccccc2[nH]1)N1CCN(CCN2C(=O)NC3(CCCC3)C2=O)CC1. The van der Waals surface area contributed by atoms with Gasteiger partial charge in [0.05, 0.1) is 0 Å². The molecule has 1 aliphatic carbocycles. The van der Waals surface area contributed by atoms with E-state index in [0.29, 0.717) is 31.9 Å². The molecule has 0 radical (unpaired) electrons. The van der Waals surface area contributed by atoms with Crippen molar-refractivity contribution in [2.45, 2.75) is 31.2 Å². The molecule has 2 aliphatic heterocycles. The maximum atomic E-state index is 12.8. The third-order valence-electron chi connectivity index (χ3n) is 6.76. The lowest BCUT2D eigenvalue weighted by molar-refractivity contribution is -0.131. The minimum Gasteiger partial charge on any atom is -0.351 e. The van der Waals surface area contributed by atoms with Crippen LogP contribution in [0.3, 0.4) is 0 Å². The van der Waals surface area contributed by atoms with Crippen LogP contribution in [0.25, 0.3) is 10.9 Å². The maximum Gasteiger partial charge on any atom is 0.325 e. The number of carbonyl (C=O) groups excluding carboxylic acids is 3. The van der Waals surface area contributed by atoms with Crippen LogP contribution in [0.5, 0.6) is 0 Å². The summed E-state index contributed by atoms with van der Waals surface area (Å²) in [6.07, 6.45) is 3.49. The first-order chi connectivity index (χ1) is 14.6. The Bertz CT molecular complexity index is 953. The van der Waals surface area contributed by atoms with E-state index in [0.717, 1.165) is 49.7 Å². The van der Waals surface area contributed by atoms with E-state index in [1.54, 1.807) is 0 Å². The van der Waals surface area contributed by atoms with Gasteiger partial charge in [-0.2, -0.15) is 0 Å². The summed E-state index contributed by atoms with van der Waals surface area (Å²) in [4.78, 5) is 46.6. The number of nitrogens with one attached hydrogen (secondary N) is 2. The number of urea groups is 1. The molecule has 5 rings (SSSR count). The van der Waals surface area contributed by atoms with Crippen molar-refractivity contribution in [2.24, 2.45) is 0 Å². The average Bonchev–Trinajstić information content (AvgIpc) is 3.46. The van der Waals surface area contributed by atoms with Gasteiger partial charge in [-0.25, -0.2) is 4.79 Å². The second-order valence-electron chi connectivity index (χ2n) is 8.58. The van der Waals surface area contributed by atoms with Crippen LogP contribution in [-0.2, 0) is 4.79 Å². The van der Waals surface area contributed by atoms with Crippen molar-refractivity contribution in [1.29, 1.82) is 0 Å². The predicted molar refractivity (Wildman–Crippen MR) is 112 cm³/mol. The minimum absolute atomic E-state index is 0.0168. The molecule has 8 nitrogen and oxygen atoms in total. The van der Waals surface area contributed by atoms with E-state index in [1.165, 1.54) is 4.90 Å². The van der Waals surface area contributed by atoms with Crippen molar-refractivity contribution in [3.63, 3.8) is 0 Å². The number of rotatable bonds is 4. The standard InChI is InChI=1S/C22H27N5O3/c28-19(18-15-16-5-1-2-6-17(16)23-18)26-12-9-25(10-13-26)11-14-27-20(29)22(24-21(27)30)7-3-4-8-22/h1-2,5-6,15,23H,3-4,7-14H2,(H,24,30). The van der Waals surface area contributed by atoms with E-state index in [9.17, 15) is 14.4 Å². The van der Waals surface area contributed by atoms with Gasteiger partial charge >= 0.3 is 6.03 Å². The number of para-hydroxylation sites is 1. The maximum absolute atomic E-state index is 12.8. The second-order valence-corrected chi connectivity index (χ2v) is 8.58. The Morgan fingerprint density at radius 2 is 1.73 bits per heavy atom. The number of amides is 4. The molecule has 4 amide bonds. The van der Waals surface area contributed by atoms with Gasteiger partial charge in [0.25, 0.3) is 11.8 Å². The lowest BCUT2D eigenvalue weighted by Gasteiger charge is -2.35. The van der Waals surface area contributed by atoms with Gasteiger partial charge in [0.1, 0.15) is 11.2 Å². The molecule has 1 aromatic heterocycles. The van der Waals surface area contributed by atoms with Crippen LogP contribution in [0.4, 0.5) is 4.79 Å². The molecule has 3 heterocycles. The molecule has 1 saturated carbocycles. The third kappa shape index (κ3) is 3.25. The number of fused-ring (bicyclic) bond motifs is 1. The summed E-state index contributed by atoms with van der Waals surface area (Å²) in [6.45, 7) is 3.80. The van der Waals surface area contributed by atoms with Crippen molar-refractivity contribution < 1.29 is 14.4 Å². The number of imide groups is 1. The smallest absolute Gasteiger partial charge is 0.325 e. The number of nitrogens with zero attached hydrogens (tertiary/aromatic N) is 3. The van der Waals surface area contributed by atoms with Crippen LogP contribution < -0.4 is 5.32 Å². The number of aromatic nitrogens is 1. The Kier molecular flexibility index (Phi) is 4.73. The van der Waals surface area contributed by atoms with E-state index in [-0.39, 0.29) is 17.8 Å². The first kappa shape index (κ1) is 19.1. The number of piperazine rings is 1. The zero-order chi connectivity index (χ0) is 20.7. The fraction of sp³-hybridized carbons (Fsp3) is 0.500. The van der Waals surface area contributed by atoms with Crippen molar-refractivity contribution in [3.8, 4) is 0 Å². The summed E-state index contributed by atoms with van der Waals surface area (Å²) in [5.41, 5.74) is 0.945. The van der Waals surface area contributed by atoms with Crippen molar-refractivity contribution in [1.82, 2.24) is 25.0 Å². The molecule has 0 unspecified atom stereocenters. The highest BCUT2D eigenvalue weighted by Crippen LogP contribution is 2.34. The molecule has 2 aromatic rings. The molecule has 158 valence electrons. The molecule has 2 N–H and O–H groups in total. The summed E-state index contributed by atoms with van der Waals surface area (Å²) in [5, 5.41) is 3.97. The van der Waals surface area contributed by atoms with Gasteiger partial charge < -0.3 is 15.2 Å². The van der Waals surface area contributed by atoms with Crippen molar-refractivity contribution in [2.75, 3.05) is 39.3 Å². The predicted octanol–water partition coefficient (Wildman–Crippen LogP) is 1.79. The second kappa shape index (κ2) is 7.43. The number of aromatic amines is 1. The lowest BCUT2D eigenvalue weighted by atomic mass is 9.98. The number of hydrogen-bond acceptors (Lipinski definition) is 4. The van der Waals surface area contributed by atoms with Gasteiger partial charge in [0.2, 0.25) is 0 Å².